The lowest BCUT2D eigenvalue weighted by Crippen LogP contribution is -2.54. The van der Waals surface area contributed by atoms with E-state index in [0.717, 1.165) is 38.5 Å². The van der Waals surface area contributed by atoms with Crippen LogP contribution in [0.3, 0.4) is 0 Å². The zero-order chi connectivity index (χ0) is 29.2. The van der Waals surface area contributed by atoms with E-state index in [9.17, 15) is 19.7 Å². The van der Waals surface area contributed by atoms with E-state index in [1.807, 2.05) is 48.5 Å². The van der Waals surface area contributed by atoms with Crippen LogP contribution in [0.25, 0.3) is 22.3 Å². The number of benzene rings is 5. The predicted molar refractivity (Wildman–Crippen MR) is 169 cm³/mol. The van der Waals surface area contributed by atoms with Crippen molar-refractivity contribution in [2.24, 2.45) is 5.92 Å². The molecule has 0 radical (unpaired) electrons. The fourth-order valence-electron chi connectivity index (χ4n) is 5.77. The monoisotopic (exact) mass is 575 g/mol. The summed E-state index contributed by atoms with van der Waals surface area (Å²) in [5.41, 5.74) is 6.13. The van der Waals surface area contributed by atoms with Crippen LogP contribution in [0.5, 0.6) is 11.5 Å². The van der Waals surface area contributed by atoms with Crippen molar-refractivity contribution in [3.05, 3.63) is 138 Å². The van der Waals surface area contributed by atoms with E-state index < -0.39 is 6.10 Å². The van der Waals surface area contributed by atoms with Crippen molar-refractivity contribution in [3.8, 4) is 33.8 Å². The molecule has 0 aromatic heterocycles. The van der Waals surface area contributed by atoms with Gasteiger partial charge in [0, 0.05) is 17.2 Å². The van der Waals surface area contributed by atoms with Crippen LogP contribution in [0.1, 0.15) is 36.1 Å². The molecule has 0 spiro atoms. The number of aliphatic hydroxyl groups is 1. The molecule has 0 aliphatic carbocycles. The molecule has 3 N–H and O–H groups in total. The highest BCUT2D eigenvalue weighted by molar-refractivity contribution is 7.80. The molecule has 4 nitrogen and oxygen atoms in total. The summed E-state index contributed by atoms with van der Waals surface area (Å²) in [6.45, 7) is 0. The van der Waals surface area contributed by atoms with E-state index in [0.29, 0.717) is 18.4 Å². The Bertz CT molecular complexity index is 1710. The van der Waals surface area contributed by atoms with Crippen LogP contribution in [-0.2, 0) is 0 Å². The summed E-state index contributed by atoms with van der Waals surface area (Å²) in [5, 5.41) is 32.0. The number of nitrogens with zero attached hydrogens (tertiary/aromatic N) is 1. The molecule has 42 heavy (non-hydrogen) atoms. The van der Waals surface area contributed by atoms with Crippen LogP contribution >= 0.6 is 12.2 Å². The standard InChI is InChI=1S/C36H30FNO3S/c37-28-14-9-25(10-15-28)33(40)20-19-32-35(31-18-13-27(22-34(31)41)26-7-4-8-30(39)21-26)38(36(32)42)29-16-11-24(12-17-29)23-5-2-1-3-6-23/h1-18,21-22,32-33,35,39-41H,19-20H2/t32-,33+,35-/m1/s1. The first-order valence-electron chi connectivity index (χ1n) is 13.9. The van der Waals surface area contributed by atoms with Gasteiger partial charge in [-0.05, 0) is 83.1 Å². The van der Waals surface area contributed by atoms with Crippen LogP contribution in [0, 0.1) is 11.7 Å². The smallest absolute Gasteiger partial charge is 0.123 e. The Morgan fingerprint density at radius 2 is 1.36 bits per heavy atom. The Morgan fingerprint density at radius 1 is 0.714 bits per heavy atom. The summed E-state index contributed by atoms with van der Waals surface area (Å²) in [6.07, 6.45) is 0.277. The third-order valence-electron chi connectivity index (χ3n) is 8.00. The Morgan fingerprint density at radius 3 is 2.05 bits per heavy atom. The van der Waals surface area contributed by atoms with Crippen molar-refractivity contribution in [2.45, 2.75) is 25.0 Å². The van der Waals surface area contributed by atoms with Gasteiger partial charge in [0.05, 0.1) is 17.1 Å². The minimum absolute atomic E-state index is 0.0959. The molecule has 5 aromatic rings. The van der Waals surface area contributed by atoms with Gasteiger partial charge in [0.25, 0.3) is 0 Å². The van der Waals surface area contributed by atoms with Gasteiger partial charge in [0.2, 0.25) is 0 Å². The van der Waals surface area contributed by atoms with Gasteiger partial charge in [-0.2, -0.15) is 0 Å². The number of hydrogen-bond acceptors (Lipinski definition) is 4. The number of phenols is 2. The maximum Gasteiger partial charge on any atom is 0.123 e. The highest BCUT2D eigenvalue weighted by atomic mass is 32.1. The highest BCUT2D eigenvalue weighted by Crippen LogP contribution is 2.50. The quantitative estimate of drug-likeness (QED) is 0.162. The molecule has 1 aliphatic heterocycles. The van der Waals surface area contributed by atoms with Gasteiger partial charge >= 0.3 is 0 Å². The molecule has 1 aliphatic rings. The molecule has 0 amide bonds. The minimum Gasteiger partial charge on any atom is -0.508 e. The van der Waals surface area contributed by atoms with Crippen LogP contribution in [0.2, 0.25) is 0 Å². The Hall–Kier alpha value is -4.52. The van der Waals surface area contributed by atoms with Crippen molar-refractivity contribution in [1.82, 2.24) is 0 Å². The Kier molecular flexibility index (Phi) is 7.74. The van der Waals surface area contributed by atoms with E-state index in [2.05, 4.69) is 29.2 Å². The van der Waals surface area contributed by atoms with Crippen molar-refractivity contribution in [2.75, 3.05) is 4.90 Å². The normalized spacial score (nSPS) is 17.1. The first-order chi connectivity index (χ1) is 20.4. The van der Waals surface area contributed by atoms with Crippen LogP contribution in [0.4, 0.5) is 10.1 Å². The number of rotatable bonds is 8. The second kappa shape index (κ2) is 11.8. The number of phenolic OH excluding ortho intramolecular Hbond substituents is 2. The third kappa shape index (κ3) is 5.51. The molecule has 6 heteroatoms. The van der Waals surface area contributed by atoms with Gasteiger partial charge in [-0.1, -0.05) is 91.1 Å². The minimum atomic E-state index is -0.755. The average Bonchev–Trinajstić information content (AvgIpc) is 3.01. The zero-order valence-electron chi connectivity index (χ0n) is 22.8. The Labute approximate surface area is 250 Å². The molecule has 0 saturated carbocycles. The predicted octanol–water partition coefficient (Wildman–Crippen LogP) is 8.59. The summed E-state index contributed by atoms with van der Waals surface area (Å²) in [4.78, 5) is 2.82. The molecular weight excluding hydrogens is 545 g/mol. The molecule has 0 bridgehead atoms. The van der Waals surface area contributed by atoms with Gasteiger partial charge in [0.1, 0.15) is 17.3 Å². The molecule has 1 fully saturated rings. The molecular formula is C36H30FNO3S. The molecule has 6 rings (SSSR count). The van der Waals surface area contributed by atoms with Crippen LogP contribution < -0.4 is 4.90 Å². The number of aromatic hydroxyl groups is 2. The highest BCUT2D eigenvalue weighted by Gasteiger charge is 2.46. The summed E-state index contributed by atoms with van der Waals surface area (Å²) in [7, 11) is 0. The Balaban J connectivity index is 1.30. The molecule has 0 unspecified atom stereocenters. The van der Waals surface area contributed by atoms with Crippen molar-refractivity contribution >= 4 is 22.9 Å². The summed E-state index contributed by atoms with van der Waals surface area (Å²) >= 11 is 5.94. The lowest BCUT2D eigenvalue weighted by atomic mass is 9.78. The van der Waals surface area contributed by atoms with Crippen molar-refractivity contribution in [3.63, 3.8) is 0 Å². The second-order valence-corrected chi connectivity index (χ2v) is 11.1. The lowest BCUT2D eigenvalue weighted by Gasteiger charge is -2.51. The van der Waals surface area contributed by atoms with E-state index >= 15 is 0 Å². The zero-order valence-corrected chi connectivity index (χ0v) is 23.6. The van der Waals surface area contributed by atoms with Gasteiger partial charge in [-0.15, -0.1) is 0 Å². The summed E-state index contributed by atoms with van der Waals surface area (Å²) in [6, 6.07) is 36.5. The van der Waals surface area contributed by atoms with Crippen molar-refractivity contribution < 1.29 is 19.7 Å². The van der Waals surface area contributed by atoms with Gasteiger partial charge in [-0.3, -0.25) is 0 Å². The van der Waals surface area contributed by atoms with Gasteiger partial charge in [-0.25, -0.2) is 4.39 Å². The topological polar surface area (TPSA) is 63.9 Å². The fourth-order valence-corrected chi connectivity index (χ4v) is 6.23. The SMILES string of the molecule is Oc1cccc(-c2ccc([C@@H]3[C@@H](CC[C@H](O)c4ccc(F)cc4)C(=S)N3c3ccc(-c4ccccc4)cc3)c(O)c2)c1. The number of halogens is 1. The maximum absolute atomic E-state index is 13.4. The molecule has 1 heterocycles. The molecule has 3 atom stereocenters. The molecule has 5 aromatic carbocycles. The fraction of sp³-hybridized carbons (Fsp3) is 0.139. The van der Waals surface area contributed by atoms with Crippen LogP contribution in [-0.4, -0.2) is 20.3 Å². The summed E-state index contributed by atoms with van der Waals surface area (Å²) < 4.78 is 13.4. The van der Waals surface area contributed by atoms with Crippen LogP contribution in [0.15, 0.2) is 121 Å². The lowest BCUT2D eigenvalue weighted by molar-refractivity contribution is 0.157. The number of aliphatic hydroxyl groups excluding tert-OH is 1. The number of thiocarbonyl (C=S) groups is 1. The van der Waals surface area contributed by atoms with E-state index in [4.69, 9.17) is 12.2 Å². The maximum atomic E-state index is 13.4. The van der Waals surface area contributed by atoms with Gasteiger partial charge in [0.15, 0.2) is 0 Å². The van der Waals surface area contributed by atoms with E-state index in [1.54, 1.807) is 36.4 Å². The van der Waals surface area contributed by atoms with Gasteiger partial charge < -0.3 is 20.2 Å². The summed E-state index contributed by atoms with van der Waals surface area (Å²) in [5.74, 6) is -0.144. The molecule has 1 saturated heterocycles. The third-order valence-corrected chi connectivity index (χ3v) is 8.50. The van der Waals surface area contributed by atoms with Crippen molar-refractivity contribution in [1.29, 1.82) is 0 Å². The van der Waals surface area contributed by atoms with E-state index in [1.165, 1.54) is 12.1 Å². The molecule has 210 valence electrons. The second-order valence-electron chi connectivity index (χ2n) is 10.6. The number of hydrogen-bond donors (Lipinski definition) is 3. The first kappa shape index (κ1) is 27.6. The number of anilines is 1. The largest absolute Gasteiger partial charge is 0.508 e. The average molecular weight is 576 g/mol. The van der Waals surface area contributed by atoms with E-state index in [-0.39, 0.29) is 29.3 Å². The first-order valence-corrected chi connectivity index (χ1v) is 14.3.